The van der Waals surface area contributed by atoms with Gasteiger partial charge in [0.2, 0.25) is 0 Å². The SMILES string of the molecule is CCc1cc(C)cc(CC)c1C1C(=O)CC(Cc2ccccc2F)C1=O. The number of halogens is 1. The van der Waals surface area contributed by atoms with Crippen molar-refractivity contribution in [3.05, 3.63) is 70.0 Å². The molecule has 1 aliphatic carbocycles. The average Bonchev–Trinajstić information content (AvgIpc) is 2.89. The second-order valence-corrected chi connectivity index (χ2v) is 7.20. The minimum absolute atomic E-state index is 0.0235. The average molecular weight is 352 g/mol. The van der Waals surface area contributed by atoms with Crippen molar-refractivity contribution in [2.75, 3.05) is 0 Å². The Morgan fingerprint density at radius 1 is 1.00 bits per heavy atom. The van der Waals surface area contributed by atoms with E-state index in [1.807, 2.05) is 6.92 Å². The van der Waals surface area contributed by atoms with Crippen molar-refractivity contribution in [3.63, 3.8) is 0 Å². The molecule has 0 aliphatic heterocycles. The van der Waals surface area contributed by atoms with E-state index in [4.69, 9.17) is 0 Å². The van der Waals surface area contributed by atoms with E-state index >= 15 is 0 Å². The summed E-state index contributed by atoms with van der Waals surface area (Å²) in [5.74, 6) is -1.50. The van der Waals surface area contributed by atoms with Crippen LogP contribution in [-0.4, -0.2) is 11.6 Å². The Labute approximate surface area is 154 Å². The smallest absolute Gasteiger partial charge is 0.151 e. The van der Waals surface area contributed by atoms with Gasteiger partial charge in [0.15, 0.2) is 5.78 Å². The fourth-order valence-corrected chi connectivity index (χ4v) is 4.17. The molecule has 2 nitrogen and oxygen atoms in total. The van der Waals surface area contributed by atoms with Crippen molar-refractivity contribution in [1.82, 2.24) is 0 Å². The molecular weight excluding hydrogens is 327 g/mol. The Bertz CT molecular complexity index is 828. The predicted molar refractivity (Wildman–Crippen MR) is 101 cm³/mol. The number of carbonyl (C=O) groups is 2. The zero-order chi connectivity index (χ0) is 18.8. The first kappa shape index (κ1) is 18.5. The fourth-order valence-electron chi connectivity index (χ4n) is 4.17. The molecule has 0 amide bonds. The van der Waals surface area contributed by atoms with Gasteiger partial charge in [-0.2, -0.15) is 0 Å². The van der Waals surface area contributed by atoms with Gasteiger partial charge in [0.25, 0.3) is 0 Å². The van der Waals surface area contributed by atoms with Crippen molar-refractivity contribution < 1.29 is 14.0 Å². The normalized spacial score (nSPS) is 20.0. The van der Waals surface area contributed by atoms with Gasteiger partial charge in [-0.1, -0.05) is 49.7 Å². The summed E-state index contributed by atoms with van der Waals surface area (Å²) in [7, 11) is 0. The molecule has 0 bridgehead atoms. The highest BCUT2D eigenvalue weighted by Crippen LogP contribution is 2.38. The standard InChI is InChI=1S/C23H25FO2/c1-4-15-10-14(3)11-16(5-2)21(15)22-20(25)13-18(23(22)26)12-17-8-6-7-9-19(17)24/h6-11,18,22H,4-5,12-13H2,1-3H3. The largest absolute Gasteiger partial charge is 0.298 e. The van der Waals surface area contributed by atoms with E-state index in [9.17, 15) is 14.0 Å². The number of ketones is 2. The molecule has 2 unspecified atom stereocenters. The molecule has 0 N–H and O–H groups in total. The molecule has 0 heterocycles. The molecule has 26 heavy (non-hydrogen) atoms. The van der Waals surface area contributed by atoms with Crippen LogP contribution in [0.2, 0.25) is 0 Å². The second kappa shape index (κ2) is 7.53. The van der Waals surface area contributed by atoms with Crippen molar-refractivity contribution in [1.29, 1.82) is 0 Å². The molecule has 2 aromatic carbocycles. The van der Waals surface area contributed by atoms with Gasteiger partial charge >= 0.3 is 0 Å². The molecule has 0 spiro atoms. The third-order valence-corrected chi connectivity index (χ3v) is 5.43. The molecule has 2 atom stereocenters. The van der Waals surface area contributed by atoms with Crippen molar-refractivity contribution in [3.8, 4) is 0 Å². The lowest BCUT2D eigenvalue weighted by Gasteiger charge is -2.19. The fraction of sp³-hybridized carbons (Fsp3) is 0.391. The first-order valence-electron chi connectivity index (χ1n) is 9.38. The van der Waals surface area contributed by atoms with E-state index in [-0.39, 0.29) is 23.8 Å². The minimum Gasteiger partial charge on any atom is -0.298 e. The zero-order valence-electron chi connectivity index (χ0n) is 15.6. The number of carbonyl (C=O) groups excluding carboxylic acids is 2. The van der Waals surface area contributed by atoms with Gasteiger partial charge in [0, 0.05) is 12.3 Å². The van der Waals surface area contributed by atoms with Crippen LogP contribution in [-0.2, 0) is 28.9 Å². The molecular formula is C23H25FO2. The highest BCUT2D eigenvalue weighted by molar-refractivity contribution is 6.15. The monoisotopic (exact) mass is 352 g/mol. The van der Waals surface area contributed by atoms with Crippen molar-refractivity contribution in [2.24, 2.45) is 5.92 Å². The summed E-state index contributed by atoms with van der Waals surface area (Å²) in [4.78, 5) is 25.9. The first-order valence-corrected chi connectivity index (χ1v) is 9.38. The minimum atomic E-state index is -0.683. The van der Waals surface area contributed by atoms with Crippen molar-refractivity contribution >= 4 is 11.6 Å². The lowest BCUT2D eigenvalue weighted by molar-refractivity contribution is -0.124. The quantitative estimate of drug-likeness (QED) is 0.728. The molecule has 0 radical (unpaired) electrons. The maximum absolute atomic E-state index is 14.0. The second-order valence-electron chi connectivity index (χ2n) is 7.20. The van der Waals surface area contributed by atoms with Crippen LogP contribution < -0.4 is 0 Å². The Kier molecular flexibility index (Phi) is 5.36. The number of aryl methyl sites for hydroxylation is 3. The molecule has 3 heteroatoms. The molecule has 0 aromatic heterocycles. The summed E-state index contributed by atoms with van der Waals surface area (Å²) < 4.78 is 14.0. The van der Waals surface area contributed by atoms with Gasteiger partial charge in [0.05, 0.1) is 0 Å². The van der Waals surface area contributed by atoms with Gasteiger partial charge in [-0.15, -0.1) is 0 Å². The van der Waals surface area contributed by atoms with E-state index in [2.05, 4.69) is 26.0 Å². The highest BCUT2D eigenvalue weighted by atomic mass is 19.1. The molecule has 3 rings (SSSR count). The van der Waals surface area contributed by atoms with E-state index in [0.29, 0.717) is 12.0 Å². The van der Waals surface area contributed by atoms with E-state index in [1.165, 1.54) is 6.07 Å². The number of hydrogen-bond acceptors (Lipinski definition) is 2. The van der Waals surface area contributed by atoms with Gasteiger partial charge in [-0.05, 0) is 54.5 Å². The molecule has 2 aromatic rings. The lowest BCUT2D eigenvalue weighted by atomic mass is 9.83. The van der Waals surface area contributed by atoms with Gasteiger partial charge in [-0.25, -0.2) is 4.39 Å². The summed E-state index contributed by atoms with van der Waals surface area (Å²) in [5, 5.41) is 0. The highest BCUT2D eigenvalue weighted by Gasteiger charge is 2.43. The van der Waals surface area contributed by atoms with Crippen LogP contribution in [0.1, 0.15) is 54.0 Å². The summed E-state index contributed by atoms with van der Waals surface area (Å²) in [6.45, 7) is 6.15. The number of hydrogen-bond donors (Lipinski definition) is 0. The molecule has 1 aliphatic rings. The Hall–Kier alpha value is -2.29. The topological polar surface area (TPSA) is 34.1 Å². The van der Waals surface area contributed by atoms with Gasteiger partial charge in [0.1, 0.15) is 17.5 Å². The van der Waals surface area contributed by atoms with Gasteiger partial charge in [-0.3, -0.25) is 9.59 Å². The van der Waals surface area contributed by atoms with Crippen LogP contribution in [0.25, 0.3) is 0 Å². The van der Waals surface area contributed by atoms with Crippen LogP contribution >= 0.6 is 0 Å². The number of benzene rings is 2. The maximum Gasteiger partial charge on any atom is 0.151 e. The lowest BCUT2D eigenvalue weighted by Crippen LogP contribution is -2.20. The third-order valence-electron chi connectivity index (χ3n) is 5.43. The van der Waals surface area contributed by atoms with Crippen LogP contribution in [0.4, 0.5) is 4.39 Å². The number of Topliss-reactive ketones (excluding diaryl/α,β-unsaturated/α-hetero) is 2. The Morgan fingerprint density at radius 2 is 1.62 bits per heavy atom. The maximum atomic E-state index is 14.0. The van der Waals surface area contributed by atoms with Gasteiger partial charge < -0.3 is 0 Å². The Balaban J connectivity index is 1.97. The van der Waals surface area contributed by atoms with E-state index in [1.54, 1.807) is 18.2 Å². The van der Waals surface area contributed by atoms with Crippen LogP contribution in [0, 0.1) is 18.7 Å². The molecule has 0 saturated heterocycles. The third kappa shape index (κ3) is 3.35. The van der Waals surface area contributed by atoms with Crippen LogP contribution in [0.5, 0.6) is 0 Å². The van der Waals surface area contributed by atoms with E-state index < -0.39 is 11.8 Å². The molecule has 1 fully saturated rings. The summed E-state index contributed by atoms with van der Waals surface area (Å²) in [5.41, 5.74) is 4.74. The number of rotatable bonds is 5. The Morgan fingerprint density at radius 3 is 2.19 bits per heavy atom. The first-order chi connectivity index (χ1) is 12.5. The summed E-state index contributed by atoms with van der Waals surface area (Å²) in [6.07, 6.45) is 2.08. The molecule has 1 saturated carbocycles. The molecule has 136 valence electrons. The van der Waals surface area contributed by atoms with Crippen LogP contribution in [0.3, 0.4) is 0 Å². The van der Waals surface area contributed by atoms with Crippen molar-refractivity contribution in [2.45, 2.75) is 52.4 Å². The summed E-state index contributed by atoms with van der Waals surface area (Å²) >= 11 is 0. The van der Waals surface area contributed by atoms with Crippen LogP contribution in [0.15, 0.2) is 36.4 Å². The predicted octanol–water partition coefficient (Wildman–Crippen LogP) is 4.74. The van der Waals surface area contributed by atoms with E-state index in [0.717, 1.165) is 35.1 Å². The zero-order valence-corrected chi connectivity index (χ0v) is 15.6. The summed E-state index contributed by atoms with van der Waals surface area (Å²) in [6, 6.07) is 10.7.